The van der Waals surface area contributed by atoms with Gasteiger partial charge < -0.3 is 10.2 Å². The standard InChI is InChI=1S/C15H23FN2S/c1-11(2)9-18(10-12(3)4)15(19)17-14-8-6-5-7-13(14)16/h5-8,11-12H,9-10H2,1-4H3,(H,17,19). The maximum Gasteiger partial charge on any atom is 0.173 e. The predicted octanol–water partition coefficient (Wildman–Crippen LogP) is 4.14. The van der Waals surface area contributed by atoms with Crippen LogP contribution >= 0.6 is 12.2 Å². The van der Waals surface area contributed by atoms with E-state index in [1.807, 2.05) is 0 Å². The van der Waals surface area contributed by atoms with Gasteiger partial charge in [0.05, 0.1) is 5.69 Å². The molecular formula is C15H23FN2S. The lowest BCUT2D eigenvalue weighted by Crippen LogP contribution is -2.39. The van der Waals surface area contributed by atoms with Crippen molar-refractivity contribution in [3.8, 4) is 0 Å². The summed E-state index contributed by atoms with van der Waals surface area (Å²) in [4.78, 5) is 2.11. The Morgan fingerprint density at radius 2 is 1.68 bits per heavy atom. The Labute approximate surface area is 121 Å². The molecule has 0 bridgehead atoms. The van der Waals surface area contributed by atoms with E-state index in [4.69, 9.17) is 12.2 Å². The number of nitrogens with one attached hydrogen (secondary N) is 1. The summed E-state index contributed by atoms with van der Waals surface area (Å²) in [5.41, 5.74) is 0.435. The number of hydrogen-bond donors (Lipinski definition) is 1. The molecule has 4 heteroatoms. The summed E-state index contributed by atoms with van der Waals surface area (Å²) >= 11 is 5.40. The third kappa shape index (κ3) is 5.55. The highest BCUT2D eigenvalue weighted by Crippen LogP contribution is 2.14. The Bertz CT molecular complexity index is 408. The molecule has 0 fully saturated rings. The number of para-hydroxylation sites is 1. The third-order valence-corrected chi connectivity index (χ3v) is 2.93. The van der Waals surface area contributed by atoms with Gasteiger partial charge in [-0.3, -0.25) is 0 Å². The zero-order valence-electron chi connectivity index (χ0n) is 12.1. The zero-order chi connectivity index (χ0) is 14.4. The Hall–Kier alpha value is -1.16. The van der Waals surface area contributed by atoms with E-state index in [1.54, 1.807) is 18.2 Å². The van der Waals surface area contributed by atoms with E-state index in [-0.39, 0.29) is 5.82 Å². The van der Waals surface area contributed by atoms with Crippen LogP contribution in [0.25, 0.3) is 0 Å². The minimum absolute atomic E-state index is 0.279. The molecule has 2 nitrogen and oxygen atoms in total. The van der Waals surface area contributed by atoms with Crippen LogP contribution in [0.15, 0.2) is 24.3 Å². The lowest BCUT2D eigenvalue weighted by molar-refractivity contribution is 0.332. The molecule has 0 heterocycles. The maximum atomic E-state index is 13.6. The first kappa shape index (κ1) is 15.9. The fourth-order valence-corrected chi connectivity index (χ4v) is 2.14. The molecule has 0 amide bonds. The van der Waals surface area contributed by atoms with Crippen molar-refractivity contribution in [1.82, 2.24) is 4.90 Å². The fourth-order valence-electron chi connectivity index (χ4n) is 1.88. The van der Waals surface area contributed by atoms with Crippen molar-refractivity contribution in [2.24, 2.45) is 11.8 Å². The summed E-state index contributed by atoms with van der Waals surface area (Å²) in [5, 5.41) is 3.59. The smallest absolute Gasteiger partial charge is 0.173 e. The molecule has 0 aromatic heterocycles. The Kier molecular flexibility index (Phi) is 6.22. The number of nitrogens with zero attached hydrogens (tertiary/aromatic N) is 1. The largest absolute Gasteiger partial charge is 0.349 e. The van der Waals surface area contributed by atoms with Gasteiger partial charge in [0, 0.05) is 13.1 Å². The van der Waals surface area contributed by atoms with Gasteiger partial charge in [-0.1, -0.05) is 39.8 Å². The second-order valence-corrected chi connectivity index (χ2v) is 5.99. The summed E-state index contributed by atoms with van der Waals surface area (Å²) in [7, 11) is 0. The van der Waals surface area contributed by atoms with Crippen LogP contribution in [-0.2, 0) is 0 Å². The van der Waals surface area contributed by atoms with Crippen molar-refractivity contribution >= 4 is 23.0 Å². The molecule has 1 rings (SSSR count). The van der Waals surface area contributed by atoms with Crippen molar-refractivity contribution < 1.29 is 4.39 Å². The molecule has 0 aliphatic heterocycles. The molecule has 0 unspecified atom stereocenters. The first-order valence-corrected chi connectivity index (χ1v) is 7.11. The zero-order valence-corrected chi connectivity index (χ0v) is 12.9. The Morgan fingerprint density at radius 1 is 1.16 bits per heavy atom. The maximum absolute atomic E-state index is 13.6. The number of hydrogen-bond acceptors (Lipinski definition) is 1. The topological polar surface area (TPSA) is 15.3 Å². The fraction of sp³-hybridized carbons (Fsp3) is 0.533. The van der Waals surface area contributed by atoms with E-state index < -0.39 is 0 Å². The molecule has 0 radical (unpaired) electrons. The van der Waals surface area contributed by atoms with Crippen molar-refractivity contribution in [2.45, 2.75) is 27.7 Å². The SMILES string of the molecule is CC(C)CN(CC(C)C)C(=S)Nc1ccccc1F. The minimum Gasteiger partial charge on any atom is -0.349 e. The van der Waals surface area contributed by atoms with Gasteiger partial charge in [0.2, 0.25) is 0 Å². The van der Waals surface area contributed by atoms with Gasteiger partial charge >= 0.3 is 0 Å². The molecule has 0 saturated carbocycles. The highest BCUT2D eigenvalue weighted by molar-refractivity contribution is 7.80. The van der Waals surface area contributed by atoms with Crippen LogP contribution in [0.5, 0.6) is 0 Å². The molecule has 0 spiro atoms. The van der Waals surface area contributed by atoms with E-state index in [2.05, 4.69) is 37.9 Å². The van der Waals surface area contributed by atoms with Crippen molar-refractivity contribution in [3.05, 3.63) is 30.1 Å². The molecule has 0 saturated heterocycles. The second-order valence-electron chi connectivity index (χ2n) is 5.60. The summed E-state index contributed by atoms with van der Waals surface area (Å²) in [6.45, 7) is 10.4. The number of anilines is 1. The number of rotatable bonds is 5. The number of thiocarbonyl (C=S) groups is 1. The van der Waals surface area contributed by atoms with Crippen LogP contribution in [0.3, 0.4) is 0 Å². The highest BCUT2D eigenvalue weighted by Gasteiger charge is 2.14. The van der Waals surface area contributed by atoms with Gasteiger partial charge in [-0.2, -0.15) is 0 Å². The third-order valence-electron chi connectivity index (χ3n) is 2.57. The van der Waals surface area contributed by atoms with Crippen LogP contribution in [0.1, 0.15) is 27.7 Å². The van der Waals surface area contributed by atoms with Gasteiger partial charge in [0.25, 0.3) is 0 Å². The van der Waals surface area contributed by atoms with Gasteiger partial charge in [-0.05, 0) is 36.2 Å². The summed E-state index contributed by atoms with van der Waals surface area (Å²) in [5.74, 6) is 0.747. The Balaban J connectivity index is 2.74. The van der Waals surface area contributed by atoms with E-state index in [0.717, 1.165) is 13.1 Å². The average molecular weight is 282 g/mol. The van der Waals surface area contributed by atoms with Crippen LogP contribution in [0, 0.1) is 17.7 Å². The van der Waals surface area contributed by atoms with Crippen LogP contribution < -0.4 is 5.32 Å². The average Bonchev–Trinajstić information content (AvgIpc) is 2.30. The number of benzene rings is 1. The molecule has 1 aromatic carbocycles. The second kappa shape index (κ2) is 7.43. The van der Waals surface area contributed by atoms with Crippen molar-refractivity contribution in [3.63, 3.8) is 0 Å². The first-order valence-electron chi connectivity index (χ1n) is 6.70. The minimum atomic E-state index is -0.279. The van der Waals surface area contributed by atoms with Crippen LogP contribution in [-0.4, -0.2) is 23.1 Å². The van der Waals surface area contributed by atoms with Gasteiger partial charge in [0.15, 0.2) is 5.11 Å². The van der Waals surface area contributed by atoms with Crippen molar-refractivity contribution in [1.29, 1.82) is 0 Å². The molecule has 1 aromatic rings. The predicted molar refractivity (Wildman–Crippen MR) is 83.9 cm³/mol. The van der Waals surface area contributed by atoms with Crippen LogP contribution in [0.2, 0.25) is 0 Å². The van der Waals surface area contributed by atoms with Gasteiger partial charge in [-0.15, -0.1) is 0 Å². The first-order chi connectivity index (χ1) is 8.90. The quantitative estimate of drug-likeness (QED) is 0.817. The molecule has 106 valence electrons. The normalized spacial score (nSPS) is 10.9. The number of halogens is 1. The van der Waals surface area contributed by atoms with E-state index >= 15 is 0 Å². The van der Waals surface area contributed by atoms with Crippen LogP contribution in [0.4, 0.5) is 10.1 Å². The van der Waals surface area contributed by atoms with E-state index in [1.165, 1.54) is 6.07 Å². The molecule has 0 atom stereocenters. The highest BCUT2D eigenvalue weighted by atomic mass is 32.1. The van der Waals surface area contributed by atoms with E-state index in [0.29, 0.717) is 22.6 Å². The lowest BCUT2D eigenvalue weighted by Gasteiger charge is -2.29. The van der Waals surface area contributed by atoms with Crippen molar-refractivity contribution in [2.75, 3.05) is 18.4 Å². The summed E-state index contributed by atoms with van der Waals surface area (Å²) in [6.07, 6.45) is 0. The summed E-state index contributed by atoms with van der Waals surface area (Å²) < 4.78 is 13.6. The van der Waals surface area contributed by atoms with E-state index in [9.17, 15) is 4.39 Å². The lowest BCUT2D eigenvalue weighted by atomic mass is 10.1. The molecule has 1 N–H and O–H groups in total. The Morgan fingerprint density at radius 3 is 2.16 bits per heavy atom. The monoisotopic (exact) mass is 282 g/mol. The molecule has 19 heavy (non-hydrogen) atoms. The molecular weight excluding hydrogens is 259 g/mol. The molecule has 0 aliphatic carbocycles. The molecule has 0 aliphatic rings. The van der Waals surface area contributed by atoms with Gasteiger partial charge in [-0.25, -0.2) is 4.39 Å². The van der Waals surface area contributed by atoms with Gasteiger partial charge in [0.1, 0.15) is 5.82 Å². The summed E-state index contributed by atoms with van der Waals surface area (Å²) in [6, 6.07) is 6.59.